The lowest BCUT2D eigenvalue weighted by molar-refractivity contribution is -0.159. The van der Waals surface area contributed by atoms with Gasteiger partial charge >= 0.3 is 0 Å². The van der Waals surface area contributed by atoms with Gasteiger partial charge in [0.25, 0.3) is 0 Å². The predicted molar refractivity (Wildman–Crippen MR) is 70.1 cm³/mol. The summed E-state index contributed by atoms with van der Waals surface area (Å²) in [7, 11) is 0. The zero-order chi connectivity index (χ0) is 11.7. The van der Waals surface area contributed by atoms with Crippen LogP contribution < -0.4 is 5.32 Å². The Bertz CT molecular complexity index is 268. The van der Waals surface area contributed by atoms with E-state index in [-0.39, 0.29) is 5.60 Å². The van der Waals surface area contributed by atoms with Crippen molar-refractivity contribution < 1.29 is 4.74 Å². The Balaban J connectivity index is 1.68. The normalized spacial score (nSPS) is 47.5. The van der Waals surface area contributed by atoms with E-state index in [4.69, 9.17) is 4.74 Å². The quantitative estimate of drug-likeness (QED) is 0.698. The summed E-state index contributed by atoms with van der Waals surface area (Å²) in [4.78, 5) is 0. The molecule has 0 aromatic carbocycles. The van der Waals surface area contributed by atoms with Gasteiger partial charge in [0.2, 0.25) is 0 Å². The Morgan fingerprint density at radius 3 is 2.82 bits per heavy atom. The maximum absolute atomic E-state index is 6.61. The van der Waals surface area contributed by atoms with Crippen molar-refractivity contribution in [2.45, 2.75) is 82.5 Å². The van der Waals surface area contributed by atoms with E-state index in [9.17, 15) is 0 Å². The Kier molecular flexibility index (Phi) is 3.45. The molecule has 1 saturated heterocycles. The highest BCUT2D eigenvalue weighted by molar-refractivity contribution is 4.97. The van der Waals surface area contributed by atoms with E-state index < -0.39 is 0 Å². The summed E-state index contributed by atoms with van der Waals surface area (Å²) in [5.41, 5.74) is 0.198. The third-order valence-electron chi connectivity index (χ3n) is 5.09. The molecule has 1 heterocycles. The number of hydrogen-bond acceptors (Lipinski definition) is 2. The van der Waals surface area contributed by atoms with Crippen molar-refractivity contribution in [3.63, 3.8) is 0 Å². The van der Waals surface area contributed by atoms with Crippen LogP contribution in [0.4, 0.5) is 0 Å². The SMILES string of the molecule is CC1CCCC2(CNC3CCCCCC3O2)C1. The Hall–Kier alpha value is -0.0800. The van der Waals surface area contributed by atoms with Crippen LogP contribution in [0, 0.1) is 5.92 Å². The Morgan fingerprint density at radius 2 is 1.94 bits per heavy atom. The molecule has 3 aliphatic rings. The first kappa shape index (κ1) is 12.0. The lowest BCUT2D eigenvalue weighted by Crippen LogP contribution is -2.60. The topological polar surface area (TPSA) is 21.3 Å². The van der Waals surface area contributed by atoms with Gasteiger partial charge in [0.05, 0.1) is 11.7 Å². The largest absolute Gasteiger partial charge is 0.369 e. The first-order valence-corrected chi connectivity index (χ1v) is 7.69. The summed E-state index contributed by atoms with van der Waals surface area (Å²) in [6.07, 6.45) is 12.6. The molecule has 0 aromatic rings. The van der Waals surface area contributed by atoms with Crippen LogP contribution in [0.15, 0.2) is 0 Å². The smallest absolute Gasteiger partial charge is 0.0813 e. The second-order valence-electron chi connectivity index (χ2n) is 6.67. The summed E-state index contributed by atoms with van der Waals surface area (Å²) in [5.74, 6) is 0.855. The molecule has 3 rings (SSSR count). The molecule has 3 fully saturated rings. The lowest BCUT2D eigenvalue weighted by atomic mass is 9.77. The predicted octanol–water partition coefficient (Wildman–Crippen LogP) is 3.26. The number of morpholine rings is 1. The van der Waals surface area contributed by atoms with Crippen molar-refractivity contribution >= 4 is 0 Å². The average Bonchev–Trinajstić information content (AvgIpc) is 2.53. The van der Waals surface area contributed by atoms with Gasteiger partial charge < -0.3 is 10.1 Å². The highest BCUT2D eigenvalue weighted by Crippen LogP contribution is 2.39. The van der Waals surface area contributed by atoms with Crippen LogP contribution in [0.2, 0.25) is 0 Å². The third kappa shape index (κ3) is 2.53. The van der Waals surface area contributed by atoms with Gasteiger partial charge in [-0.25, -0.2) is 0 Å². The number of ether oxygens (including phenoxy) is 1. The standard InChI is InChI=1S/C15H27NO/c1-12-6-5-9-15(10-12)11-16-13-7-3-2-4-8-14(13)17-15/h12-14,16H,2-11H2,1H3. The Morgan fingerprint density at radius 1 is 1.06 bits per heavy atom. The van der Waals surface area contributed by atoms with E-state index in [1.54, 1.807) is 0 Å². The van der Waals surface area contributed by atoms with E-state index >= 15 is 0 Å². The number of rotatable bonds is 0. The van der Waals surface area contributed by atoms with Gasteiger partial charge in [0.15, 0.2) is 0 Å². The van der Waals surface area contributed by atoms with Crippen LogP contribution in [-0.2, 0) is 4.74 Å². The summed E-state index contributed by atoms with van der Waals surface area (Å²) in [6.45, 7) is 3.50. The molecule has 1 N–H and O–H groups in total. The number of nitrogens with one attached hydrogen (secondary N) is 1. The van der Waals surface area contributed by atoms with Crippen LogP contribution in [0.25, 0.3) is 0 Å². The minimum absolute atomic E-state index is 0.198. The minimum Gasteiger partial charge on any atom is -0.369 e. The molecule has 17 heavy (non-hydrogen) atoms. The zero-order valence-electron chi connectivity index (χ0n) is 11.2. The summed E-state index contributed by atoms with van der Waals surface area (Å²) in [6, 6.07) is 0.653. The van der Waals surface area contributed by atoms with Crippen LogP contribution in [0.1, 0.15) is 64.7 Å². The van der Waals surface area contributed by atoms with E-state index in [2.05, 4.69) is 12.2 Å². The molecule has 4 unspecified atom stereocenters. The summed E-state index contributed by atoms with van der Waals surface area (Å²) in [5, 5.41) is 3.82. The van der Waals surface area contributed by atoms with E-state index in [0.717, 1.165) is 12.5 Å². The molecule has 2 saturated carbocycles. The second kappa shape index (κ2) is 4.89. The zero-order valence-corrected chi connectivity index (χ0v) is 11.2. The van der Waals surface area contributed by atoms with Gasteiger partial charge in [-0.05, 0) is 31.6 Å². The number of hydrogen-bond donors (Lipinski definition) is 1. The van der Waals surface area contributed by atoms with Crippen LogP contribution in [0.5, 0.6) is 0 Å². The molecule has 0 radical (unpaired) electrons. The fraction of sp³-hybridized carbons (Fsp3) is 1.00. The van der Waals surface area contributed by atoms with E-state index in [1.165, 1.54) is 57.8 Å². The van der Waals surface area contributed by atoms with E-state index in [0.29, 0.717) is 12.1 Å². The van der Waals surface area contributed by atoms with Crippen molar-refractivity contribution in [3.05, 3.63) is 0 Å². The first-order valence-electron chi connectivity index (χ1n) is 7.69. The third-order valence-corrected chi connectivity index (χ3v) is 5.09. The molecule has 2 aliphatic carbocycles. The van der Waals surface area contributed by atoms with Gasteiger partial charge in [0.1, 0.15) is 0 Å². The second-order valence-corrected chi connectivity index (χ2v) is 6.67. The van der Waals surface area contributed by atoms with Crippen molar-refractivity contribution in [3.8, 4) is 0 Å². The van der Waals surface area contributed by atoms with Gasteiger partial charge in [-0.1, -0.05) is 39.0 Å². The molecule has 2 heteroatoms. The molecule has 1 spiro atoms. The van der Waals surface area contributed by atoms with E-state index in [1.807, 2.05) is 0 Å². The highest BCUT2D eigenvalue weighted by atomic mass is 16.5. The van der Waals surface area contributed by atoms with Crippen LogP contribution in [-0.4, -0.2) is 24.3 Å². The average molecular weight is 237 g/mol. The van der Waals surface area contributed by atoms with Gasteiger partial charge in [-0.2, -0.15) is 0 Å². The maximum Gasteiger partial charge on any atom is 0.0813 e. The van der Waals surface area contributed by atoms with Crippen molar-refractivity contribution in [1.82, 2.24) is 5.32 Å². The van der Waals surface area contributed by atoms with Crippen LogP contribution >= 0.6 is 0 Å². The fourth-order valence-electron chi connectivity index (χ4n) is 4.21. The highest BCUT2D eigenvalue weighted by Gasteiger charge is 2.43. The number of fused-ring (bicyclic) bond motifs is 1. The lowest BCUT2D eigenvalue weighted by Gasteiger charge is -2.48. The molecule has 98 valence electrons. The molecule has 2 nitrogen and oxygen atoms in total. The summed E-state index contributed by atoms with van der Waals surface area (Å²) >= 11 is 0. The van der Waals surface area contributed by atoms with Gasteiger partial charge in [-0.3, -0.25) is 0 Å². The first-order chi connectivity index (χ1) is 8.27. The van der Waals surface area contributed by atoms with Gasteiger partial charge in [-0.15, -0.1) is 0 Å². The molecule has 4 atom stereocenters. The maximum atomic E-state index is 6.61. The molecule has 0 amide bonds. The molecule has 0 aromatic heterocycles. The molecule has 1 aliphatic heterocycles. The van der Waals surface area contributed by atoms with Crippen LogP contribution in [0.3, 0.4) is 0 Å². The van der Waals surface area contributed by atoms with Crippen molar-refractivity contribution in [2.24, 2.45) is 5.92 Å². The summed E-state index contributed by atoms with van der Waals surface area (Å²) < 4.78 is 6.61. The molecule has 0 bridgehead atoms. The Labute approximate surface area is 105 Å². The van der Waals surface area contributed by atoms with Crippen molar-refractivity contribution in [2.75, 3.05) is 6.54 Å². The monoisotopic (exact) mass is 237 g/mol. The molecular weight excluding hydrogens is 210 g/mol. The molecular formula is C15H27NO. The van der Waals surface area contributed by atoms with Gasteiger partial charge in [0, 0.05) is 12.6 Å². The van der Waals surface area contributed by atoms with Crippen molar-refractivity contribution in [1.29, 1.82) is 0 Å². The fourth-order valence-corrected chi connectivity index (χ4v) is 4.21. The minimum atomic E-state index is 0.198.